The lowest BCUT2D eigenvalue weighted by Gasteiger charge is -2.37. The molecule has 0 radical (unpaired) electrons. The molecule has 1 saturated heterocycles. The number of ketones is 1. The molecule has 1 aromatic rings. The van der Waals surface area contributed by atoms with Gasteiger partial charge in [-0.1, -0.05) is 29.8 Å². The number of hydrogen-bond acceptors (Lipinski definition) is 5. The molecule has 0 unspecified atom stereocenters. The summed E-state index contributed by atoms with van der Waals surface area (Å²) in [6.45, 7) is 3.42. The van der Waals surface area contributed by atoms with E-state index >= 15 is 0 Å². The van der Waals surface area contributed by atoms with Crippen molar-refractivity contribution in [3.8, 4) is 0 Å². The first-order chi connectivity index (χ1) is 14.4. The highest BCUT2D eigenvalue weighted by Gasteiger charge is 2.66. The largest absolute Gasteiger partial charge is 0.457 e. The van der Waals surface area contributed by atoms with E-state index in [4.69, 9.17) is 4.74 Å². The molecule has 2 amide bonds. The van der Waals surface area contributed by atoms with E-state index in [0.717, 1.165) is 17.5 Å². The number of imide groups is 1. The van der Waals surface area contributed by atoms with Crippen LogP contribution < -0.4 is 0 Å². The Kier molecular flexibility index (Phi) is 4.42. The molecule has 6 heteroatoms. The van der Waals surface area contributed by atoms with Gasteiger partial charge < -0.3 is 4.74 Å². The van der Waals surface area contributed by atoms with Crippen LogP contribution in [-0.2, 0) is 19.1 Å². The van der Waals surface area contributed by atoms with Crippen molar-refractivity contribution < 1.29 is 23.9 Å². The Balaban J connectivity index is 1.17. The van der Waals surface area contributed by atoms with E-state index < -0.39 is 5.97 Å². The second kappa shape index (κ2) is 6.89. The van der Waals surface area contributed by atoms with Gasteiger partial charge in [0.15, 0.2) is 6.61 Å². The zero-order valence-electron chi connectivity index (χ0n) is 17.2. The first-order valence-corrected chi connectivity index (χ1v) is 10.7. The minimum absolute atomic E-state index is 0.0237. The maximum Gasteiger partial charge on any atom is 0.308 e. The number of amides is 2. The van der Waals surface area contributed by atoms with Crippen LogP contribution >= 0.6 is 0 Å². The maximum absolute atomic E-state index is 12.9. The third-order valence-corrected chi connectivity index (χ3v) is 7.35. The van der Waals surface area contributed by atoms with Crippen molar-refractivity contribution >= 4 is 23.6 Å². The lowest BCUT2D eigenvalue weighted by molar-refractivity contribution is -0.145. The summed E-state index contributed by atoms with van der Waals surface area (Å²) in [6, 6.07) is 5.56. The number of allylic oxidation sites excluding steroid dienone is 2. The SMILES string of the molecule is Cc1ccc(C)c(C(=O)COC(=O)CCN2C(=O)[C@@H]3[C@@H]4C=C[C@H]([C@H]5C[C@H]45)[C@@H]3C2=O)c1. The van der Waals surface area contributed by atoms with E-state index in [9.17, 15) is 19.2 Å². The Bertz CT molecular complexity index is 959. The van der Waals surface area contributed by atoms with Crippen molar-refractivity contribution in [2.45, 2.75) is 26.7 Å². The zero-order chi connectivity index (χ0) is 21.2. The van der Waals surface area contributed by atoms with Crippen LogP contribution in [0, 0.1) is 49.4 Å². The van der Waals surface area contributed by atoms with Crippen LogP contribution in [-0.4, -0.2) is 41.6 Å². The average Bonchev–Trinajstić information content (AvgIpc) is 3.51. The number of hydrogen-bond donors (Lipinski definition) is 0. The molecule has 2 saturated carbocycles. The summed E-state index contributed by atoms with van der Waals surface area (Å²) in [7, 11) is 0. The number of Topliss-reactive ketones (excluding diaryl/α,β-unsaturated/α-hetero) is 1. The van der Waals surface area contributed by atoms with Gasteiger partial charge in [-0.15, -0.1) is 0 Å². The molecule has 0 aromatic heterocycles. The van der Waals surface area contributed by atoms with Crippen LogP contribution in [0.1, 0.15) is 34.3 Å². The number of rotatable bonds is 6. The fourth-order valence-corrected chi connectivity index (χ4v) is 5.77. The lowest BCUT2D eigenvalue weighted by atomic mass is 9.63. The Labute approximate surface area is 175 Å². The summed E-state index contributed by atoms with van der Waals surface area (Å²) in [5, 5.41) is 0. The van der Waals surface area contributed by atoms with Gasteiger partial charge in [0, 0.05) is 12.1 Å². The number of ether oxygens (including phenoxy) is 1. The van der Waals surface area contributed by atoms with Crippen LogP contribution in [0.15, 0.2) is 30.4 Å². The van der Waals surface area contributed by atoms with Gasteiger partial charge in [-0.2, -0.15) is 0 Å². The highest BCUT2D eigenvalue weighted by Crippen LogP contribution is 2.65. The normalized spacial score (nSPS) is 32.8. The molecule has 5 aliphatic rings. The number of aryl methyl sites for hydroxylation is 2. The predicted octanol–water partition coefficient (Wildman–Crippen LogP) is 2.47. The number of nitrogens with zero attached hydrogens (tertiary/aromatic N) is 1. The van der Waals surface area contributed by atoms with Crippen molar-refractivity contribution in [3.05, 3.63) is 47.0 Å². The summed E-state index contributed by atoms with van der Waals surface area (Å²) >= 11 is 0. The fraction of sp³-hybridized carbons (Fsp3) is 0.500. The van der Waals surface area contributed by atoms with E-state index in [-0.39, 0.29) is 60.8 Å². The van der Waals surface area contributed by atoms with Gasteiger partial charge in [0.2, 0.25) is 17.6 Å². The third kappa shape index (κ3) is 2.92. The van der Waals surface area contributed by atoms with E-state index in [0.29, 0.717) is 17.4 Å². The standard InChI is InChI=1S/C24H25NO5/c1-12-3-4-13(2)16(9-12)19(26)11-30-20(27)7-8-25-23(28)21-14-5-6-15(18-10-17(14)18)22(21)24(25)29/h3-6,9,14-15,17-18,21-22H,7-8,10-11H2,1-2H3/t14-,15-,17-,18-,21-,22+/m1/s1. The topological polar surface area (TPSA) is 80.8 Å². The van der Waals surface area contributed by atoms with E-state index in [1.54, 1.807) is 6.07 Å². The van der Waals surface area contributed by atoms with Crippen LogP contribution in [0.25, 0.3) is 0 Å². The van der Waals surface area contributed by atoms with E-state index in [1.165, 1.54) is 4.90 Å². The third-order valence-electron chi connectivity index (χ3n) is 7.35. The van der Waals surface area contributed by atoms with Gasteiger partial charge in [0.1, 0.15) is 0 Å². The summed E-state index contributed by atoms with van der Waals surface area (Å²) in [6.07, 6.45) is 5.28. The molecule has 0 N–H and O–H groups in total. The number of likely N-dealkylation sites (tertiary alicyclic amines) is 1. The highest BCUT2D eigenvalue weighted by molar-refractivity contribution is 6.06. The fourth-order valence-electron chi connectivity index (χ4n) is 5.77. The smallest absolute Gasteiger partial charge is 0.308 e. The Hall–Kier alpha value is -2.76. The second-order valence-electron chi connectivity index (χ2n) is 9.13. The number of benzene rings is 1. The summed E-state index contributed by atoms with van der Waals surface area (Å²) in [5.41, 5.74) is 2.33. The molecule has 1 heterocycles. The van der Waals surface area contributed by atoms with Gasteiger partial charge >= 0.3 is 5.97 Å². The van der Waals surface area contributed by atoms with Crippen molar-refractivity contribution in [2.75, 3.05) is 13.2 Å². The van der Waals surface area contributed by atoms with E-state index in [1.807, 2.05) is 26.0 Å². The monoisotopic (exact) mass is 407 g/mol. The van der Waals surface area contributed by atoms with Gasteiger partial charge in [-0.05, 0) is 55.6 Å². The first kappa shape index (κ1) is 19.2. The van der Waals surface area contributed by atoms with Crippen molar-refractivity contribution in [3.63, 3.8) is 0 Å². The van der Waals surface area contributed by atoms with Crippen LogP contribution in [0.2, 0.25) is 0 Å². The maximum atomic E-state index is 12.9. The number of esters is 1. The number of carbonyl (C=O) groups is 4. The van der Waals surface area contributed by atoms with Crippen LogP contribution in [0.5, 0.6) is 0 Å². The first-order valence-electron chi connectivity index (χ1n) is 10.7. The molecule has 30 heavy (non-hydrogen) atoms. The van der Waals surface area contributed by atoms with E-state index in [2.05, 4.69) is 12.2 Å². The zero-order valence-corrected chi connectivity index (χ0v) is 17.2. The number of carbonyl (C=O) groups excluding carboxylic acids is 4. The molecule has 1 aliphatic heterocycles. The Morgan fingerprint density at radius 1 is 1.03 bits per heavy atom. The second-order valence-corrected chi connectivity index (χ2v) is 9.13. The molecular weight excluding hydrogens is 382 g/mol. The van der Waals surface area contributed by atoms with Gasteiger partial charge in [-0.25, -0.2) is 0 Å². The molecule has 3 fully saturated rings. The molecule has 1 aromatic carbocycles. The van der Waals surface area contributed by atoms with Gasteiger partial charge in [-0.3, -0.25) is 24.1 Å². The quantitative estimate of drug-likeness (QED) is 0.313. The van der Waals surface area contributed by atoms with Crippen LogP contribution in [0.3, 0.4) is 0 Å². The highest BCUT2D eigenvalue weighted by atomic mass is 16.5. The predicted molar refractivity (Wildman–Crippen MR) is 107 cm³/mol. The minimum Gasteiger partial charge on any atom is -0.457 e. The lowest BCUT2D eigenvalue weighted by Crippen LogP contribution is -2.40. The van der Waals surface area contributed by atoms with Crippen LogP contribution in [0.4, 0.5) is 0 Å². The minimum atomic E-state index is -0.576. The summed E-state index contributed by atoms with van der Waals surface area (Å²) in [5.74, 6) is -0.168. The molecular formula is C24H25NO5. The van der Waals surface area contributed by atoms with Gasteiger partial charge in [0.05, 0.1) is 18.3 Å². The molecule has 156 valence electrons. The van der Waals surface area contributed by atoms with Gasteiger partial charge in [0.25, 0.3) is 0 Å². The molecule has 6 atom stereocenters. The summed E-state index contributed by atoms with van der Waals surface area (Å²) in [4.78, 5) is 51.6. The van der Waals surface area contributed by atoms with Crippen molar-refractivity contribution in [1.29, 1.82) is 0 Å². The molecule has 2 bridgehead atoms. The van der Waals surface area contributed by atoms with Crippen molar-refractivity contribution in [2.24, 2.45) is 35.5 Å². The summed E-state index contributed by atoms with van der Waals surface area (Å²) < 4.78 is 5.13. The molecule has 6 rings (SSSR count). The molecule has 0 spiro atoms. The van der Waals surface area contributed by atoms with Crippen molar-refractivity contribution in [1.82, 2.24) is 4.90 Å². The Morgan fingerprint density at radius 2 is 1.67 bits per heavy atom. The Morgan fingerprint density at radius 3 is 2.30 bits per heavy atom. The average molecular weight is 407 g/mol. The molecule has 4 aliphatic carbocycles. The molecule has 6 nitrogen and oxygen atoms in total.